The summed E-state index contributed by atoms with van der Waals surface area (Å²) in [5.41, 5.74) is -0.675. The van der Waals surface area contributed by atoms with Crippen molar-refractivity contribution in [2.75, 3.05) is 6.73 Å². The fourth-order valence-corrected chi connectivity index (χ4v) is 1.37. The molecular weight excluding hydrogens is 182 g/mol. The fourth-order valence-electron chi connectivity index (χ4n) is 1.37. The predicted molar refractivity (Wildman–Crippen MR) is 53.5 cm³/mol. The highest BCUT2D eigenvalue weighted by Crippen LogP contribution is 2.18. The summed E-state index contributed by atoms with van der Waals surface area (Å²) in [7, 11) is 0. The number of rotatable bonds is 5. The third kappa shape index (κ3) is 3.30. The molecule has 14 heavy (non-hydrogen) atoms. The van der Waals surface area contributed by atoms with Gasteiger partial charge in [0.15, 0.2) is 0 Å². The maximum absolute atomic E-state index is 11.3. The summed E-state index contributed by atoms with van der Waals surface area (Å²) in [6.45, 7) is 7.83. The Balaban J connectivity index is 4.72. The first kappa shape index (κ1) is 12.8. The molecule has 0 aromatic heterocycles. The molecular formula is C10H17NO3. The highest BCUT2D eigenvalue weighted by atomic mass is 16.3. The van der Waals surface area contributed by atoms with Gasteiger partial charge >= 0.3 is 0 Å². The molecule has 1 N–H and O–H groups in total. The van der Waals surface area contributed by atoms with E-state index in [0.29, 0.717) is 0 Å². The Labute approximate surface area is 84.2 Å². The zero-order valence-corrected chi connectivity index (χ0v) is 8.91. The highest BCUT2D eigenvalue weighted by Gasteiger charge is 2.30. The van der Waals surface area contributed by atoms with Crippen molar-refractivity contribution in [2.45, 2.75) is 32.7 Å². The normalized spacial score (nSPS) is 10.9. The van der Waals surface area contributed by atoms with Gasteiger partial charge < -0.3 is 10.0 Å². The quantitative estimate of drug-likeness (QED) is 0.524. The maximum atomic E-state index is 11.3. The number of aliphatic hydroxyl groups is 1. The van der Waals surface area contributed by atoms with Crippen LogP contribution in [0.5, 0.6) is 0 Å². The van der Waals surface area contributed by atoms with Crippen LogP contribution in [0, 0.1) is 0 Å². The summed E-state index contributed by atoms with van der Waals surface area (Å²) in [5.74, 6) is -0.399. The van der Waals surface area contributed by atoms with E-state index in [1.165, 1.54) is 11.8 Å². The molecule has 0 spiro atoms. The molecule has 0 rings (SSSR count). The molecule has 4 heteroatoms. The van der Waals surface area contributed by atoms with Gasteiger partial charge in [-0.05, 0) is 26.8 Å². The van der Waals surface area contributed by atoms with Gasteiger partial charge in [0.05, 0.1) is 0 Å². The zero-order valence-electron chi connectivity index (χ0n) is 8.91. The van der Waals surface area contributed by atoms with Crippen molar-refractivity contribution < 1.29 is 14.7 Å². The molecule has 0 saturated carbocycles. The zero-order chi connectivity index (χ0) is 11.4. The summed E-state index contributed by atoms with van der Waals surface area (Å²) in [6, 6.07) is 0. The molecule has 0 aliphatic rings. The molecule has 1 amide bonds. The molecule has 0 unspecified atom stereocenters. The largest absolute Gasteiger partial charge is 0.376 e. The minimum absolute atomic E-state index is 0.0229. The Kier molecular flexibility index (Phi) is 4.50. The summed E-state index contributed by atoms with van der Waals surface area (Å²) < 4.78 is 0. The number of nitrogens with zero attached hydrogens (tertiary/aromatic N) is 1. The predicted octanol–water partition coefficient (Wildman–Crippen LogP) is 0.708. The van der Waals surface area contributed by atoms with Gasteiger partial charge in [0, 0.05) is 12.0 Å². The molecule has 0 aromatic carbocycles. The second kappa shape index (κ2) is 4.91. The van der Waals surface area contributed by atoms with E-state index in [0.717, 1.165) is 6.08 Å². The molecule has 80 valence electrons. The topological polar surface area (TPSA) is 57.6 Å². The molecule has 0 heterocycles. The van der Waals surface area contributed by atoms with Gasteiger partial charge in [0.1, 0.15) is 12.5 Å². The van der Waals surface area contributed by atoms with Crippen LogP contribution in [0.1, 0.15) is 27.2 Å². The number of carbonyl (C=O) groups excluding carboxylic acids is 2. The summed E-state index contributed by atoms with van der Waals surface area (Å²) in [4.78, 5) is 23.5. The van der Waals surface area contributed by atoms with Crippen molar-refractivity contribution in [1.29, 1.82) is 0 Å². The Hall–Kier alpha value is -1.16. The lowest BCUT2D eigenvalue weighted by atomic mass is 9.96. The van der Waals surface area contributed by atoms with Crippen LogP contribution in [0.3, 0.4) is 0 Å². The van der Waals surface area contributed by atoms with Gasteiger partial charge in [0.2, 0.25) is 5.91 Å². The van der Waals surface area contributed by atoms with Gasteiger partial charge in [0.25, 0.3) is 0 Å². The monoisotopic (exact) mass is 199 g/mol. The number of Topliss-reactive ketones (excluding diaryl/α,β-unsaturated/α-hetero) is 1. The fraction of sp³-hybridized carbons (Fsp3) is 0.600. The van der Waals surface area contributed by atoms with Crippen LogP contribution in [0.25, 0.3) is 0 Å². The Morgan fingerprint density at radius 2 is 2.00 bits per heavy atom. The van der Waals surface area contributed by atoms with E-state index in [4.69, 9.17) is 5.11 Å². The number of hydrogen-bond acceptors (Lipinski definition) is 3. The van der Waals surface area contributed by atoms with E-state index in [2.05, 4.69) is 6.58 Å². The van der Waals surface area contributed by atoms with E-state index in [9.17, 15) is 9.59 Å². The van der Waals surface area contributed by atoms with Crippen LogP contribution in [-0.4, -0.2) is 34.0 Å². The molecule has 0 fully saturated rings. The minimum atomic E-state index is -0.675. The van der Waals surface area contributed by atoms with Crippen LogP contribution >= 0.6 is 0 Å². The van der Waals surface area contributed by atoms with Crippen LogP contribution < -0.4 is 0 Å². The average molecular weight is 199 g/mol. The first-order chi connectivity index (χ1) is 6.35. The molecule has 0 saturated heterocycles. The first-order valence-electron chi connectivity index (χ1n) is 4.39. The van der Waals surface area contributed by atoms with E-state index in [-0.39, 0.29) is 18.1 Å². The minimum Gasteiger partial charge on any atom is -0.376 e. The third-order valence-corrected chi connectivity index (χ3v) is 1.99. The maximum Gasteiger partial charge on any atom is 0.248 e. The summed E-state index contributed by atoms with van der Waals surface area (Å²) in [6.07, 6.45) is 1.34. The van der Waals surface area contributed by atoms with E-state index in [1.807, 2.05) is 0 Å². The third-order valence-electron chi connectivity index (χ3n) is 1.99. The van der Waals surface area contributed by atoms with Gasteiger partial charge in [-0.25, -0.2) is 0 Å². The number of amides is 1. The Bertz CT molecular complexity index is 246. The number of hydrogen-bond donors (Lipinski definition) is 1. The Morgan fingerprint density at radius 3 is 2.29 bits per heavy atom. The highest BCUT2D eigenvalue weighted by molar-refractivity contribution is 5.88. The van der Waals surface area contributed by atoms with Crippen molar-refractivity contribution in [3.63, 3.8) is 0 Å². The molecule has 0 aliphatic carbocycles. The summed E-state index contributed by atoms with van der Waals surface area (Å²) >= 11 is 0. The standard InChI is InChI=1S/C10H17NO3/c1-5-9(14)11(7-12)10(3,4)6-8(2)13/h5,12H,1,6-7H2,2-4H3. The van der Waals surface area contributed by atoms with E-state index < -0.39 is 12.3 Å². The number of aliphatic hydroxyl groups excluding tert-OH is 1. The molecule has 0 atom stereocenters. The lowest BCUT2D eigenvalue weighted by Gasteiger charge is -2.35. The van der Waals surface area contributed by atoms with Crippen molar-refractivity contribution in [1.82, 2.24) is 4.90 Å². The summed E-state index contributed by atoms with van der Waals surface area (Å²) in [5, 5.41) is 9.02. The lowest BCUT2D eigenvalue weighted by molar-refractivity contribution is -0.138. The molecule has 0 radical (unpaired) electrons. The number of ketones is 1. The van der Waals surface area contributed by atoms with Crippen LogP contribution in [0.2, 0.25) is 0 Å². The first-order valence-corrected chi connectivity index (χ1v) is 4.39. The van der Waals surface area contributed by atoms with Gasteiger partial charge in [-0.3, -0.25) is 9.59 Å². The number of carbonyl (C=O) groups is 2. The Morgan fingerprint density at radius 1 is 1.50 bits per heavy atom. The van der Waals surface area contributed by atoms with Gasteiger partial charge in [-0.1, -0.05) is 6.58 Å². The van der Waals surface area contributed by atoms with E-state index in [1.54, 1.807) is 13.8 Å². The molecule has 0 aromatic rings. The van der Waals surface area contributed by atoms with Crippen LogP contribution in [0.4, 0.5) is 0 Å². The van der Waals surface area contributed by atoms with Gasteiger partial charge in [-0.15, -0.1) is 0 Å². The van der Waals surface area contributed by atoms with E-state index >= 15 is 0 Å². The van der Waals surface area contributed by atoms with Crippen molar-refractivity contribution in [3.05, 3.63) is 12.7 Å². The average Bonchev–Trinajstić information content (AvgIpc) is 2.02. The second-order valence-corrected chi connectivity index (χ2v) is 3.80. The molecule has 4 nitrogen and oxygen atoms in total. The smallest absolute Gasteiger partial charge is 0.248 e. The molecule has 0 aliphatic heterocycles. The van der Waals surface area contributed by atoms with Crippen molar-refractivity contribution in [2.24, 2.45) is 0 Å². The van der Waals surface area contributed by atoms with Gasteiger partial charge in [-0.2, -0.15) is 0 Å². The lowest BCUT2D eigenvalue weighted by Crippen LogP contribution is -2.48. The van der Waals surface area contributed by atoms with Crippen molar-refractivity contribution >= 4 is 11.7 Å². The van der Waals surface area contributed by atoms with Crippen molar-refractivity contribution in [3.8, 4) is 0 Å². The van der Waals surface area contributed by atoms with Crippen LogP contribution in [0.15, 0.2) is 12.7 Å². The molecule has 0 bridgehead atoms. The van der Waals surface area contributed by atoms with Crippen LogP contribution in [-0.2, 0) is 9.59 Å². The second-order valence-electron chi connectivity index (χ2n) is 3.80. The SMILES string of the molecule is C=CC(=O)N(CO)C(C)(C)CC(C)=O.